The number of carbonyl (C=O) groups excluding carboxylic acids is 1. The maximum atomic E-state index is 12.2. The van der Waals surface area contributed by atoms with Crippen LogP contribution in [0.1, 0.15) is 39.0 Å². The quantitative estimate of drug-likeness (QED) is 0.805. The molecule has 6 nitrogen and oxygen atoms in total. The van der Waals surface area contributed by atoms with E-state index in [1.165, 1.54) is 0 Å². The molecule has 1 aliphatic rings. The smallest absolute Gasteiger partial charge is 0.260 e. The first-order valence-electron chi connectivity index (χ1n) is 8.99. The van der Waals surface area contributed by atoms with Crippen LogP contribution in [0.15, 0.2) is 28.7 Å². The molecule has 1 amide bonds. The van der Waals surface area contributed by atoms with Gasteiger partial charge in [-0.2, -0.15) is 0 Å². The summed E-state index contributed by atoms with van der Waals surface area (Å²) >= 11 is 0. The Morgan fingerprint density at radius 1 is 1.24 bits per heavy atom. The Morgan fingerprint density at radius 2 is 1.96 bits per heavy atom. The maximum Gasteiger partial charge on any atom is 0.260 e. The molecule has 1 aliphatic heterocycles. The van der Waals surface area contributed by atoms with E-state index in [0.717, 1.165) is 44.3 Å². The Bertz CT molecular complexity index is 688. The largest absolute Gasteiger partial charge is 0.484 e. The van der Waals surface area contributed by atoms with E-state index < -0.39 is 0 Å². The van der Waals surface area contributed by atoms with Gasteiger partial charge < -0.3 is 14.1 Å². The zero-order valence-electron chi connectivity index (χ0n) is 14.9. The molecule has 0 unspecified atom stereocenters. The van der Waals surface area contributed by atoms with Crippen molar-refractivity contribution in [1.82, 2.24) is 15.1 Å². The zero-order chi connectivity index (χ0) is 17.6. The van der Waals surface area contributed by atoms with E-state index in [9.17, 15) is 4.79 Å². The van der Waals surface area contributed by atoms with E-state index >= 15 is 0 Å². The van der Waals surface area contributed by atoms with E-state index in [4.69, 9.17) is 9.15 Å². The maximum absolute atomic E-state index is 12.2. The molecule has 1 saturated heterocycles. The summed E-state index contributed by atoms with van der Waals surface area (Å²) in [7, 11) is 0. The molecule has 2 heterocycles. The second-order valence-corrected chi connectivity index (χ2v) is 6.63. The Kier molecular flexibility index (Phi) is 5.68. The molecule has 0 saturated carbocycles. The molecule has 0 radical (unpaired) electrons. The number of nitrogens with zero attached hydrogens (tertiary/aromatic N) is 3. The normalized spacial score (nSPS) is 15.4. The molecule has 1 fully saturated rings. The molecule has 134 valence electrons. The predicted molar refractivity (Wildman–Crippen MR) is 94.2 cm³/mol. The van der Waals surface area contributed by atoms with Crippen LogP contribution >= 0.6 is 0 Å². The van der Waals surface area contributed by atoms with Crippen LogP contribution in [0.25, 0.3) is 11.5 Å². The molecule has 6 heteroatoms. The molecule has 25 heavy (non-hydrogen) atoms. The van der Waals surface area contributed by atoms with Gasteiger partial charge in [-0.3, -0.25) is 4.79 Å². The standard InChI is InChI=1S/C19H25N3O3/c1-3-4-17-20-21-19(25-17)15-5-7-16(8-6-15)24-13-18(23)22-11-9-14(2)10-12-22/h5-8,14H,3-4,9-13H2,1-2H3. The van der Waals surface area contributed by atoms with Crippen molar-refractivity contribution in [2.24, 2.45) is 5.92 Å². The van der Waals surface area contributed by atoms with Gasteiger partial charge in [0.2, 0.25) is 11.8 Å². The Morgan fingerprint density at radius 3 is 2.64 bits per heavy atom. The third-order valence-electron chi connectivity index (χ3n) is 4.53. The Balaban J connectivity index is 1.52. The number of aryl methyl sites for hydroxylation is 1. The van der Waals surface area contributed by atoms with Gasteiger partial charge in [-0.25, -0.2) is 0 Å². The van der Waals surface area contributed by atoms with Gasteiger partial charge in [-0.15, -0.1) is 10.2 Å². The van der Waals surface area contributed by atoms with Crippen molar-refractivity contribution in [3.05, 3.63) is 30.2 Å². The topological polar surface area (TPSA) is 68.5 Å². The molecule has 0 aliphatic carbocycles. The van der Waals surface area contributed by atoms with Crippen molar-refractivity contribution in [3.8, 4) is 17.2 Å². The first-order chi connectivity index (χ1) is 12.2. The molecular formula is C19H25N3O3. The van der Waals surface area contributed by atoms with Crippen LogP contribution in [0.5, 0.6) is 5.75 Å². The summed E-state index contributed by atoms with van der Waals surface area (Å²) in [5, 5.41) is 8.08. The highest BCUT2D eigenvalue weighted by atomic mass is 16.5. The fraction of sp³-hybridized carbons (Fsp3) is 0.526. The number of amides is 1. The summed E-state index contributed by atoms with van der Waals surface area (Å²) in [5.74, 6) is 2.58. The summed E-state index contributed by atoms with van der Waals surface area (Å²) in [6.07, 6.45) is 3.90. The minimum absolute atomic E-state index is 0.0529. The van der Waals surface area contributed by atoms with E-state index in [1.54, 1.807) is 0 Å². The van der Waals surface area contributed by atoms with Crippen molar-refractivity contribution < 1.29 is 13.9 Å². The highest BCUT2D eigenvalue weighted by Gasteiger charge is 2.20. The fourth-order valence-corrected chi connectivity index (χ4v) is 2.87. The molecule has 3 rings (SSSR count). The predicted octanol–water partition coefficient (Wildman–Crippen LogP) is 3.33. The van der Waals surface area contributed by atoms with E-state index in [0.29, 0.717) is 23.4 Å². The molecule has 0 atom stereocenters. The average Bonchev–Trinajstić information content (AvgIpc) is 3.10. The van der Waals surface area contributed by atoms with E-state index in [2.05, 4.69) is 24.0 Å². The van der Waals surface area contributed by atoms with Crippen LogP contribution in [-0.4, -0.2) is 40.7 Å². The van der Waals surface area contributed by atoms with Crippen LogP contribution in [0.3, 0.4) is 0 Å². The lowest BCUT2D eigenvalue weighted by Gasteiger charge is -2.30. The zero-order valence-corrected chi connectivity index (χ0v) is 14.9. The number of carbonyl (C=O) groups is 1. The van der Waals surface area contributed by atoms with Gasteiger partial charge in [0, 0.05) is 25.1 Å². The van der Waals surface area contributed by atoms with Gasteiger partial charge in [0.25, 0.3) is 5.91 Å². The van der Waals surface area contributed by atoms with Crippen LogP contribution in [0.4, 0.5) is 0 Å². The molecule has 0 N–H and O–H groups in total. The van der Waals surface area contributed by atoms with Gasteiger partial charge in [-0.05, 0) is 49.4 Å². The van der Waals surface area contributed by atoms with Crippen molar-refractivity contribution in [2.75, 3.05) is 19.7 Å². The Labute approximate surface area is 148 Å². The summed E-state index contributed by atoms with van der Waals surface area (Å²) in [5.41, 5.74) is 0.846. The van der Waals surface area contributed by atoms with Crippen molar-refractivity contribution in [1.29, 1.82) is 0 Å². The van der Waals surface area contributed by atoms with Crippen LogP contribution < -0.4 is 4.74 Å². The van der Waals surface area contributed by atoms with Crippen molar-refractivity contribution in [3.63, 3.8) is 0 Å². The highest BCUT2D eigenvalue weighted by molar-refractivity contribution is 5.77. The van der Waals surface area contributed by atoms with Gasteiger partial charge >= 0.3 is 0 Å². The number of likely N-dealkylation sites (tertiary alicyclic amines) is 1. The first-order valence-corrected chi connectivity index (χ1v) is 8.99. The minimum atomic E-state index is 0.0529. The van der Waals surface area contributed by atoms with Gasteiger partial charge in [0.05, 0.1) is 0 Å². The molecule has 1 aromatic heterocycles. The second kappa shape index (κ2) is 8.14. The van der Waals surface area contributed by atoms with Gasteiger partial charge in [-0.1, -0.05) is 13.8 Å². The van der Waals surface area contributed by atoms with Gasteiger partial charge in [0.1, 0.15) is 5.75 Å². The summed E-state index contributed by atoms with van der Waals surface area (Å²) in [6.45, 7) is 6.05. The number of ether oxygens (including phenoxy) is 1. The number of hydrogen-bond acceptors (Lipinski definition) is 5. The average molecular weight is 343 g/mol. The Hall–Kier alpha value is -2.37. The van der Waals surface area contributed by atoms with Crippen LogP contribution in [-0.2, 0) is 11.2 Å². The monoisotopic (exact) mass is 343 g/mol. The first kappa shape index (κ1) is 17.5. The number of piperidine rings is 1. The molecule has 2 aromatic rings. The van der Waals surface area contributed by atoms with Crippen LogP contribution in [0.2, 0.25) is 0 Å². The lowest BCUT2D eigenvalue weighted by molar-refractivity contribution is -0.134. The lowest BCUT2D eigenvalue weighted by Crippen LogP contribution is -2.40. The second-order valence-electron chi connectivity index (χ2n) is 6.63. The number of hydrogen-bond donors (Lipinski definition) is 0. The van der Waals surface area contributed by atoms with Crippen LogP contribution in [0, 0.1) is 5.92 Å². The number of benzene rings is 1. The summed E-state index contributed by atoms with van der Waals surface area (Å²) < 4.78 is 11.2. The third kappa shape index (κ3) is 4.59. The van der Waals surface area contributed by atoms with Crippen molar-refractivity contribution >= 4 is 5.91 Å². The minimum Gasteiger partial charge on any atom is -0.484 e. The molecule has 1 aromatic carbocycles. The van der Waals surface area contributed by atoms with Gasteiger partial charge in [0.15, 0.2) is 6.61 Å². The number of rotatable bonds is 6. The summed E-state index contributed by atoms with van der Waals surface area (Å²) in [6, 6.07) is 7.38. The fourth-order valence-electron chi connectivity index (χ4n) is 2.87. The van der Waals surface area contributed by atoms with E-state index in [-0.39, 0.29) is 12.5 Å². The van der Waals surface area contributed by atoms with E-state index in [1.807, 2.05) is 29.2 Å². The SMILES string of the molecule is CCCc1nnc(-c2ccc(OCC(=O)N3CCC(C)CC3)cc2)o1. The number of aromatic nitrogens is 2. The molecular weight excluding hydrogens is 318 g/mol. The third-order valence-corrected chi connectivity index (χ3v) is 4.53. The van der Waals surface area contributed by atoms with Crippen molar-refractivity contribution in [2.45, 2.75) is 39.5 Å². The molecule has 0 spiro atoms. The molecule has 0 bridgehead atoms. The summed E-state index contributed by atoms with van der Waals surface area (Å²) in [4.78, 5) is 14.1. The highest BCUT2D eigenvalue weighted by Crippen LogP contribution is 2.22. The lowest BCUT2D eigenvalue weighted by atomic mass is 9.99.